The lowest BCUT2D eigenvalue weighted by molar-refractivity contribution is 0.289. The molecule has 0 aliphatic heterocycles. The van der Waals surface area contributed by atoms with Crippen molar-refractivity contribution in [1.82, 2.24) is 0 Å². The van der Waals surface area contributed by atoms with Crippen LogP contribution in [0.25, 0.3) is 0 Å². The van der Waals surface area contributed by atoms with Crippen molar-refractivity contribution in [3.63, 3.8) is 0 Å². The molecule has 1 heteroatoms. The summed E-state index contributed by atoms with van der Waals surface area (Å²) in [4.78, 5) is 0. The summed E-state index contributed by atoms with van der Waals surface area (Å²) in [6.45, 7) is 0.245. The molecule has 44 valence electrons. The van der Waals surface area contributed by atoms with Gasteiger partial charge in [-0.15, -0.1) is 6.42 Å². The molecule has 0 bridgehead atoms. The summed E-state index contributed by atoms with van der Waals surface area (Å²) in [6.07, 6.45) is 10.1. The van der Waals surface area contributed by atoms with Gasteiger partial charge in [-0.25, -0.2) is 0 Å². The van der Waals surface area contributed by atoms with E-state index in [0.29, 0.717) is 0 Å². The maximum absolute atomic E-state index is 8.28. The van der Waals surface area contributed by atoms with E-state index in [1.54, 1.807) is 6.08 Å². The Morgan fingerprint density at radius 1 is 1.62 bits per heavy atom. The third-order valence-electron chi connectivity index (χ3n) is 0.743. The van der Waals surface area contributed by atoms with Crippen LogP contribution in [0, 0.1) is 12.3 Å². The molecule has 0 rings (SSSR count). The number of rotatable bonds is 3. The van der Waals surface area contributed by atoms with E-state index in [1.807, 2.05) is 6.08 Å². The number of terminal acetylenes is 1. The first kappa shape index (κ1) is 7.26. The smallest absolute Gasteiger partial charge is 0.0433 e. The van der Waals surface area contributed by atoms with E-state index in [2.05, 4.69) is 5.92 Å². The van der Waals surface area contributed by atoms with E-state index >= 15 is 0 Å². The topological polar surface area (TPSA) is 20.2 Å². The molecule has 0 spiro atoms. The fourth-order valence-electron chi connectivity index (χ4n) is 0.361. The Morgan fingerprint density at radius 2 is 2.38 bits per heavy atom. The predicted molar refractivity (Wildman–Crippen MR) is 34.3 cm³/mol. The van der Waals surface area contributed by atoms with Crippen molar-refractivity contribution in [3.8, 4) is 12.3 Å². The van der Waals surface area contributed by atoms with Gasteiger partial charge in [0.1, 0.15) is 0 Å². The van der Waals surface area contributed by atoms with Crippen molar-refractivity contribution in [1.29, 1.82) is 0 Å². The molecular weight excluding hydrogens is 100 g/mol. The van der Waals surface area contributed by atoms with Gasteiger partial charge in [0.15, 0.2) is 0 Å². The molecule has 0 aliphatic rings. The molecule has 0 fully saturated rings. The normalized spacial score (nSPS) is 9.50. The molecule has 0 aromatic heterocycles. The van der Waals surface area contributed by atoms with E-state index < -0.39 is 0 Å². The fourth-order valence-corrected chi connectivity index (χ4v) is 0.361. The van der Waals surface area contributed by atoms with Gasteiger partial charge in [0, 0.05) is 6.61 Å². The van der Waals surface area contributed by atoms with E-state index in [4.69, 9.17) is 11.5 Å². The second kappa shape index (κ2) is 6.26. The molecule has 1 N–H and O–H groups in total. The first-order chi connectivity index (χ1) is 3.91. The van der Waals surface area contributed by atoms with Gasteiger partial charge < -0.3 is 5.11 Å². The SMILES string of the molecule is C#CC=CCCCO. The monoisotopic (exact) mass is 110 g/mol. The Bertz CT molecular complexity index is 97.4. The molecule has 1 nitrogen and oxygen atoms in total. The maximum Gasteiger partial charge on any atom is 0.0433 e. The minimum absolute atomic E-state index is 0.245. The largest absolute Gasteiger partial charge is 0.396 e. The first-order valence-electron chi connectivity index (χ1n) is 2.64. The summed E-state index contributed by atoms with van der Waals surface area (Å²) >= 11 is 0. The van der Waals surface area contributed by atoms with Crippen molar-refractivity contribution in [2.24, 2.45) is 0 Å². The molecule has 0 radical (unpaired) electrons. The van der Waals surface area contributed by atoms with E-state index in [1.165, 1.54) is 0 Å². The van der Waals surface area contributed by atoms with Crippen LogP contribution in [-0.2, 0) is 0 Å². The lowest BCUT2D eigenvalue weighted by atomic mass is 10.3. The lowest BCUT2D eigenvalue weighted by Crippen LogP contribution is -1.77. The van der Waals surface area contributed by atoms with Crippen LogP contribution in [-0.4, -0.2) is 11.7 Å². The second-order valence-corrected chi connectivity index (χ2v) is 1.43. The average molecular weight is 110 g/mol. The van der Waals surface area contributed by atoms with Crippen molar-refractivity contribution in [3.05, 3.63) is 12.2 Å². The van der Waals surface area contributed by atoms with E-state index in [9.17, 15) is 0 Å². The van der Waals surface area contributed by atoms with Crippen molar-refractivity contribution < 1.29 is 5.11 Å². The molecule has 0 aliphatic carbocycles. The quantitative estimate of drug-likeness (QED) is 0.423. The van der Waals surface area contributed by atoms with Gasteiger partial charge in [-0.2, -0.15) is 0 Å². The molecule has 0 atom stereocenters. The average Bonchev–Trinajstić information content (AvgIpc) is 1.81. The van der Waals surface area contributed by atoms with Crippen LogP contribution >= 0.6 is 0 Å². The summed E-state index contributed by atoms with van der Waals surface area (Å²) in [7, 11) is 0. The van der Waals surface area contributed by atoms with E-state index in [0.717, 1.165) is 12.8 Å². The summed E-state index contributed by atoms with van der Waals surface area (Å²) < 4.78 is 0. The van der Waals surface area contributed by atoms with Crippen LogP contribution in [0.3, 0.4) is 0 Å². The highest BCUT2D eigenvalue weighted by Gasteiger charge is 1.74. The third-order valence-corrected chi connectivity index (χ3v) is 0.743. The summed E-state index contributed by atoms with van der Waals surface area (Å²) in [5.74, 6) is 2.36. The second-order valence-electron chi connectivity index (χ2n) is 1.43. The van der Waals surface area contributed by atoms with Gasteiger partial charge in [-0.3, -0.25) is 0 Å². The molecule has 8 heavy (non-hydrogen) atoms. The number of hydrogen-bond acceptors (Lipinski definition) is 1. The summed E-state index contributed by atoms with van der Waals surface area (Å²) in [5, 5.41) is 8.28. The molecule has 0 aromatic carbocycles. The van der Waals surface area contributed by atoms with Crippen LogP contribution in [0.2, 0.25) is 0 Å². The van der Waals surface area contributed by atoms with Crippen molar-refractivity contribution in [2.45, 2.75) is 12.8 Å². The Balaban J connectivity index is 2.94. The number of hydrogen-bond donors (Lipinski definition) is 1. The molecular formula is C7H10O. The number of aliphatic hydroxyl groups is 1. The minimum Gasteiger partial charge on any atom is -0.396 e. The predicted octanol–water partition coefficient (Wildman–Crippen LogP) is 0.948. The van der Waals surface area contributed by atoms with Crippen LogP contribution < -0.4 is 0 Å². The highest BCUT2D eigenvalue weighted by Crippen LogP contribution is 1.86. The zero-order valence-electron chi connectivity index (χ0n) is 4.80. The highest BCUT2D eigenvalue weighted by atomic mass is 16.2. The zero-order chi connectivity index (χ0) is 6.24. The minimum atomic E-state index is 0.245. The molecule has 0 aromatic rings. The third kappa shape index (κ3) is 5.26. The van der Waals surface area contributed by atoms with Gasteiger partial charge >= 0.3 is 0 Å². The molecule has 0 amide bonds. The van der Waals surface area contributed by atoms with Crippen molar-refractivity contribution >= 4 is 0 Å². The van der Waals surface area contributed by atoms with Crippen molar-refractivity contribution in [2.75, 3.05) is 6.61 Å². The molecule has 0 unspecified atom stereocenters. The van der Waals surface area contributed by atoms with Crippen LogP contribution in [0.1, 0.15) is 12.8 Å². The number of allylic oxidation sites excluding steroid dienone is 2. The van der Waals surface area contributed by atoms with Crippen LogP contribution in [0.15, 0.2) is 12.2 Å². The Hall–Kier alpha value is -0.740. The summed E-state index contributed by atoms with van der Waals surface area (Å²) in [6, 6.07) is 0. The maximum atomic E-state index is 8.28. The standard InChI is InChI=1S/C7H10O/c1-2-3-4-5-6-7-8/h1,3-4,8H,5-7H2. The first-order valence-corrected chi connectivity index (χ1v) is 2.64. The highest BCUT2D eigenvalue weighted by molar-refractivity contribution is 5.08. The van der Waals surface area contributed by atoms with Gasteiger partial charge in [0.25, 0.3) is 0 Å². The van der Waals surface area contributed by atoms with Gasteiger partial charge in [-0.05, 0) is 18.9 Å². The Labute approximate surface area is 50.0 Å². The Morgan fingerprint density at radius 3 is 2.88 bits per heavy atom. The number of unbranched alkanes of at least 4 members (excludes halogenated alkanes) is 1. The van der Waals surface area contributed by atoms with Crippen LogP contribution in [0.4, 0.5) is 0 Å². The van der Waals surface area contributed by atoms with Crippen LogP contribution in [0.5, 0.6) is 0 Å². The lowest BCUT2D eigenvalue weighted by Gasteiger charge is -1.83. The summed E-state index contributed by atoms with van der Waals surface area (Å²) in [5.41, 5.74) is 0. The molecule has 0 saturated carbocycles. The molecule has 0 heterocycles. The fraction of sp³-hybridized carbons (Fsp3) is 0.429. The zero-order valence-corrected chi connectivity index (χ0v) is 4.80. The molecule has 0 saturated heterocycles. The number of aliphatic hydroxyl groups excluding tert-OH is 1. The van der Waals surface area contributed by atoms with E-state index in [-0.39, 0.29) is 6.61 Å². The van der Waals surface area contributed by atoms with Gasteiger partial charge in [0.05, 0.1) is 0 Å². The Kier molecular flexibility index (Phi) is 5.68. The van der Waals surface area contributed by atoms with Gasteiger partial charge in [0.2, 0.25) is 0 Å². The van der Waals surface area contributed by atoms with Gasteiger partial charge in [-0.1, -0.05) is 12.0 Å².